The van der Waals surface area contributed by atoms with Crippen LogP contribution in [0.15, 0.2) is 0 Å². The fourth-order valence-corrected chi connectivity index (χ4v) is 3.80. The van der Waals surface area contributed by atoms with Gasteiger partial charge in [0.05, 0.1) is 6.04 Å². The Morgan fingerprint density at radius 1 is 1.28 bits per heavy atom. The maximum absolute atomic E-state index is 4.76. The Balaban J connectivity index is 1.72. The first-order valence-corrected chi connectivity index (χ1v) is 7.60. The van der Waals surface area contributed by atoms with E-state index in [-0.39, 0.29) is 0 Å². The molecule has 5 nitrogen and oxygen atoms in total. The fourth-order valence-electron chi connectivity index (χ4n) is 2.75. The van der Waals surface area contributed by atoms with Crippen LogP contribution in [0.5, 0.6) is 0 Å². The molecule has 1 saturated carbocycles. The highest BCUT2D eigenvalue weighted by molar-refractivity contribution is 7.16. The van der Waals surface area contributed by atoms with Gasteiger partial charge in [-0.2, -0.15) is 9.61 Å². The molecule has 3 heterocycles. The molecule has 1 saturated heterocycles. The van der Waals surface area contributed by atoms with Crippen LogP contribution in [-0.4, -0.2) is 26.4 Å². The molecule has 2 unspecified atom stereocenters. The van der Waals surface area contributed by atoms with Crippen molar-refractivity contribution in [2.24, 2.45) is 5.92 Å². The number of hydrogen-bond acceptors (Lipinski definition) is 5. The maximum Gasteiger partial charge on any atom is 0.234 e. The molecule has 1 N–H and O–H groups in total. The van der Waals surface area contributed by atoms with E-state index in [0.29, 0.717) is 17.9 Å². The molecule has 96 valence electrons. The molecule has 0 amide bonds. The molecular formula is C12H17N5S. The van der Waals surface area contributed by atoms with E-state index >= 15 is 0 Å². The molecule has 0 radical (unpaired) electrons. The summed E-state index contributed by atoms with van der Waals surface area (Å²) in [5, 5.41) is 18.0. The molecule has 2 aliphatic rings. The third-order valence-electron chi connectivity index (χ3n) is 4.01. The SMILES string of the molecule is CC1CCCNC1c1nn2c(C3CC3)nnc2s1. The number of aromatic nitrogens is 4. The van der Waals surface area contributed by atoms with Gasteiger partial charge in [-0.1, -0.05) is 18.3 Å². The second-order valence-corrected chi connectivity index (χ2v) is 6.51. The first kappa shape index (κ1) is 10.9. The number of nitrogens with one attached hydrogen (secondary N) is 1. The molecule has 1 aliphatic carbocycles. The number of rotatable bonds is 2. The van der Waals surface area contributed by atoms with Crippen LogP contribution in [0.1, 0.15) is 55.4 Å². The summed E-state index contributed by atoms with van der Waals surface area (Å²) in [4.78, 5) is 0.950. The average molecular weight is 263 g/mol. The van der Waals surface area contributed by atoms with E-state index in [2.05, 4.69) is 22.4 Å². The summed E-state index contributed by atoms with van der Waals surface area (Å²) in [5.74, 6) is 2.33. The van der Waals surface area contributed by atoms with E-state index in [4.69, 9.17) is 5.10 Å². The molecular weight excluding hydrogens is 246 g/mol. The van der Waals surface area contributed by atoms with Crippen LogP contribution < -0.4 is 5.32 Å². The first-order valence-electron chi connectivity index (χ1n) is 6.78. The summed E-state index contributed by atoms with van der Waals surface area (Å²) in [6, 6.07) is 0.400. The topological polar surface area (TPSA) is 55.1 Å². The van der Waals surface area contributed by atoms with Crippen LogP contribution >= 0.6 is 11.3 Å². The van der Waals surface area contributed by atoms with Crippen molar-refractivity contribution in [1.82, 2.24) is 25.1 Å². The Kier molecular flexibility index (Phi) is 2.41. The van der Waals surface area contributed by atoms with Crippen LogP contribution in [0.2, 0.25) is 0 Å². The second kappa shape index (κ2) is 3.99. The predicted octanol–water partition coefficient (Wildman–Crippen LogP) is 2.12. The second-order valence-electron chi connectivity index (χ2n) is 5.52. The number of piperidine rings is 1. The summed E-state index contributed by atoms with van der Waals surface area (Å²) < 4.78 is 1.97. The van der Waals surface area contributed by atoms with E-state index in [1.54, 1.807) is 11.3 Å². The highest BCUT2D eigenvalue weighted by Crippen LogP contribution is 2.40. The quantitative estimate of drug-likeness (QED) is 0.901. The lowest BCUT2D eigenvalue weighted by molar-refractivity contribution is 0.303. The van der Waals surface area contributed by atoms with Crippen LogP contribution in [0.25, 0.3) is 4.96 Å². The van der Waals surface area contributed by atoms with Crippen LogP contribution in [0.3, 0.4) is 0 Å². The van der Waals surface area contributed by atoms with Crippen molar-refractivity contribution >= 4 is 16.3 Å². The molecule has 2 aromatic heterocycles. The standard InChI is InChI=1S/C12H17N5S/c1-7-3-2-6-13-9(7)11-16-17-10(8-4-5-8)14-15-12(17)18-11/h7-9,13H,2-6H2,1H3. The van der Waals surface area contributed by atoms with E-state index in [0.717, 1.165) is 17.3 Å². The average Bonchev–Trinajstić information content (AvgIpc) is 3.00. The number of fused-ring (bicyclic) bond motifs is 1. The molecule has 0 bridgehead atoms. The summed E-state index contributed by atoms with van der Waals surface area (Å²) in [6.45, 7) is 3.41. The molecule has 0 aromatic carbocycles. The van der Waals surface area contributed by atoms with Gasteiger partial charge in [-0.05, 0) is 38.1 Å². The van der Waals surface area contributed by atoms with Crippen LogP contribution in [0.4, 0.5) is 0 Å². The summed E-state index contributed by atoms with van der Waals surface area (Å²) in [7, 11) is 0. The zero-order chi connectivity index (χ0) is 12.1. The van der Waals surface area contributed by atoms with Gasteiger partial charge in [0.15, 0.2) is 5.82 Å². The van der Waals surface area contributed by atoms with Gasteiger partial charge in [-0.15, -0.1) is 10.2 Å². The van der Waals surface area contributed by atoms with Gasteiger partial charge in [0.25, 0.3) is 0 Å². The van der Waals surface area contributed by atoms with Crippen molar-refractivity contribution in [3.8, 4) is 0 Å². The van der Waals surface area contributed by atoms with Gasteiger partial charge < -0.3 is 5.32 Å². The van der Waals surface area contributed by atoms with Gasteiger partial charge in [-0.25, -0.2) is 0 Å². The molecule has 1 aliphatic heterocycles. The van der Waals surface area contributed by atoms with Crippen molar-refractivity contribution in [3.63, 3.8) is 0 Å². The fraction of sp³-hybridized carbons (Fsp3) is 0.750. The van der Waals surface area contributed by atoms with E-state index in [1.165, 1.54) is 30.7 Å². The Morgan fingerprint density at radius 2 is 2.17 bits per heavy atom. The summed E-state index contributed by atoms with van der Waals surface area (Å²) in [6.07, 6.45) is 5.04. The first-order chi connectivity index (χ1) is 8.83. The lowest BCUT2D eigenvalue weighted by Crippen LogP contribution is -2.32. The van der Waals surface area contributed by atoms with E-state index in [9.17, 15) is 0 Å². The third kappa shape index (κ3) is 1.66. The van der Waals surface area contributed by atoms with E-state index < -0.39 is 0 Å². The zero-order valence-electron chi connectivity index (χ0n) is 10.5. The minimum atomic E-state index is 0.400. The van der Waals surface area contributed by atoms with Gasteiger partial charge in [0.2, 0.25) is 4.96 Å². The van der Waals surface area contributed by atoms with Crippen molar-refractivity contribution < 1.29 is 0 Å². The Labute approximate surface area is 110 Å². The predicted molar refractivity (Wildman–Crippen MR) is 69.8 cm³/mol. The Bertz CT molecular complexity index is 570. The minimum Gasteiger partial charge on any atom is -0.308 e. The highest BCUT2D eigenvalue weighted by Gasteiger charge is 2.31. The van der Waals surface area contributed by atoms with Crippen molar-refractivity contribution in [2.75, 3.05) is 6.54 Å². The third-order valence-corrected chi connectivity index (χ3v) is 4.99. The minimum absolute atomic E-state index is 0.400. The van der Waals surface area contributed by atoms with Gasteiger partial charge in [0.1, 0.15) is 5.01 Å². The molecule has 0 spiro atoms. The summed E-state index contributed by atoms with van der Waals surface area (Å²) >= 11 is 1.69. The molecule has 18 heavy (non-hydrogen) atoms. The van der Waals surface area contributed by atoms with Crippen molar-refractivity contribution in [3.05, 3.63) is 10.8 Å². The van der Waals surface area contributed by atoms with Gasteiger partial charge in [0, 0.05) is 5.92 Å². The van der Waals surface area contributed by atoms with Crippen molar-refractivity contribution in [1.29, 1.82) is 0 Å². The monoisotopic (exact) mass is 263 g/mol. The Morgan fingerprint density at radius 3 is 2.94 bits per heavy atom. The zero-order valence-corrected chi connectivity index (χ0v) is 11.3. The largest absolute Gasteiger partial charge is 0.308 e. The van der Waals surface area contributed by atoms with Gasteiger partial charge >= 0.3 is 0 Å². The highest BCUT2D eigenvalue weighted by atomic mass is 32.1. The summed E-state index contributed by atoms with van der Waals surface area (Å²) in [5.41, 5.74) is 0. The molecule has 6 heteroatoms. The molecule has 2 atom stereocenters. The van der Waals surface area contributed by atoms with Gasteiger partial charge in [-0.3, -0.25) is 0 Å². The lowest BCUT2D eigenvalue weighted by atomic mass is 9.93. The van der Waals surface area contributed by atoms with E-state index in [1.807, 2.05) is 4.52 Å². The normalized spacial score (nSPS) is 28.9. The maximum atomic E-state index is 4.76. The molecule has 2 fully saturated rings. The molecule has 2 aromatic rings. The number of hydrogen-bond donors (Lipinski definition) is 1. The Hall–Kier alpha value is -1.01. The van der Waals surface area contributed by atoms with Crippen molar-refractivity contribution in [2.45, 2.75) is 44.6 Å². The number of nitrogens with zero attached hydrogens (tertiary/aromatic N) is 4. The van der Waals surface area contributed by atoms with Crippen LogP contribution in [-0.2, 0) is 0 Å². The van der Waals surface area contributed by atoms with Crippen LogP contribution in [0, 0.1) is 5.92 Å². The molecule has 4 rings (SSSR count). The lowest BCUT2D eigenvalue weighted by Gasteiger charge is -2.27. The smallest absolute Gasteiger partial charge is 0.234 e.